The highest BCUT2D eigenvalue weighted by Crippen LogP contribution is 2.19. The molecule has 0 aliphatic carbocycles. The Bertz CT molecular complexity index is 538. The second kappa shape index (κ2) is 5.57. The predicted octanol–water partition coefficient (Wildman–Crippen LogP) is 3.09. The largest absolute Gasteiger partial charge is 0.322 e. The Balaban J connectivity index is 2.10. The van der Waals surface area contributed by atoms with Crippen LogP contribution in [-0.2, 0) is 13.5 Å². The van der Waals surface area contributed by atoms with E-state index in [4.69, 9.17) is 5.73 Å². The quantitative estimate of drug-likeness (QED) is 0.914. The first kappa shape index (κ1) is 13.8. The topological polar surface area (TPSA) is 43.8 Å². The summed E-state index contributed by atoms with van der Waals surface area (Å²) >= 11 is 0. The predicted molar refractivity (Wildman–Crippen MR) is 79.1 cm³/mol. The summed E-state index contributed by atoms with van der Waals surface area (Å²) in [6.07, 6.45) is 0.845. The lowest BCUT2D eigenvalue weighted by atomic mass is 9.98. The maximum Gasteiger partial charge on any atom is 0.0597 e. The van der Waals surface area contributed by atoms with Crippen LogP contribution in [-0.4, -0.2) is 9.78 Å². The molecule has 3 nitrogen and oxygen atoms in total. The van der Waals surface area contributed by atoms with Crippen molar-refractivity contribution in [1.29, 1.82) is 0 Å². The highest BCUT2D eigenvalue weighted by molar-refractivity contribution is 5.26. The van der Waals surface area contributed by atoms with Gasteiger partial charge in [-0.2, -0.15) is 5.10 Å². The van der Waals surface area contributed by atoms with Gasteiger partial charge in [-0.25, -0.2) is 0 Å². The molecule has 1 heterocycles. The van der Waals surface area contributed by atoms with E-state index in [0.717, 1.165) is 17.8 Å². The van der Waals surface area contributed by atoms with Crippen molar-refractivity contribution in [1.82, 2.24) is 9.78 Å². The minimum absolute atomic E-state index is 0.00361. The summed E-state index contributed by atoms with van der Waals surface area (Å²) in [6.45, 7) is 6.41. The third kappa shape index (κ3) is 3.24. The molecule has 1 aromatic carbocycles. The third-order valence-corrected chi connectivity index (χ3v) is 3.52. The zero-order valence-electron chi connectivity index (χ0n) is 12.2. The minimum atomic E-state index is -0.00361. The fourth-order valence-electron chi connectivity index (χ4n) is 2.37. The molecule has 0 saturated carbocycles. The first-order valence-corrected chi connectivity index (χ1v) is 6.82. The molecule has 2 N–H and O–H groups in total. The van der Waals surface area contributed by atoms with Gasteiger partial charge >= 0.3 is 0 Å². The van der Waals surface area contributed by atoms with Crippen molar-refractivity contribution in [2.45, 2.75) is 39.2 Å². The second-order valence-corrected chi connectivity index (χ2v) is 5.54. The molecule has 0 aliphatic rings. The summed E-state index contributed by atoms with van der Waals surface area (Å²) in [4.78, 5) is 0. The van der Waals surface area contributed by atoms with E-state index in [2.05, 4.69) is 49.3 Å². The SMILES string of the molecule is Cc1cc(C(N)Cc2ccc(C(C)C)cc2)n(C)n1. The summed E-state index contributed by atoms with van der Waals surface area (Å²) < 4.78 is 1.88. The fourth-order valence-corrected chi connectivity index (χ4v) is 2.37. The van der Waals surface area contributed by atoms with Gasteiger partial charge in [-0.05, 0) is 36.5 Å². The van der Waals surface area contributed by atoms with Crippen LogP contribution in [0.4, 0.5) is 0 Å². The van der Waals surface area contributed by atoms with Crippen LogP contribution in [0.15, 0.2) is 30.3 Å². The van der Waals surface area contributed by atoms with Gasteiger partial charge in [-0.3, -0.25) is 4.68 Å². The van der Waals surface area contributed by atoms with Crippen LogP contribution in [0.3, 0.4) is 0 Å². The van der Waals surface area contributed by atoms with Gasteiger partial charge in [-0.1, -0.05) is 38.1 Å². The molecule has 0 amide bonds. The van der Waals surface area contributed by atoms with Crippen molar-refractivity contribution in [3.8, 4) is 0 Å². The smallest absolute Gasteiger partial charge is 0.0597 e. The van der Waals surface area contributed by atoms with E-state index in [9.17, 15) is 0 Å². The number of benzene rings is 1. The number of hydrogen-bond acceptors (Lipinski definition) is 2. The Labute approximate surface area is 115 Å². The molecule has 102 valence electrons. The van der Waals surface area contributed by atoms with E-state index in [1.54, 1.807) is 0 Å². The molecule has 1 unspecified atom stereocenters. The molecule has 1 atom stereocenters. The normalized spacial score (nSPS) is 12.9. The molecule has 1 aromatic heterocycles. The van der Waals surface area contributed by atoms with Crippen LogP contribution in [0.1, 0.15) is 48.3 Å². The molecule has 2 aromatic rings. The van der Waals surface area contributed by atoms with Crippen LogP contribution in [0.2, 0.25) is 0 Å². The van der Waals surface area contributed by atoms with Crippen LogP contribution < -0.4 is 5.73 Å². The van der Waals surface area contributed by atoms with Crippen molar-refractivity contribution in [3.63, 3.8) is 0 Å². The lowest BCUT2D eigenvalue weighted by molar-refractivity contribution is 0.615. The molecule has 3 heteroatoms. The standard InChI is InChI=1S/C16H23N3/c1-11(2)14-7-5-13(6-8-14)10-15(17)16-9-12(3)18-19(16)4/h5-9,11,15H,10,17H2,1-4H3. The molecule has 0 fully saturated rings. The van der Waals surface area contributed by atoms with Crippen LogP contribution in [0.5, 0.6) is 0 Å². The van der Waals surface area contributed by atoms with Gasteiger partial charge < -0.3 is 5.73 Å². The minimum Gasteiger partial charge on any atom is -0.322 e. The molecule has 0 radical (unpaired) electrons. The number of aromatic nitrogens is 2. The summed E-state index contributed by atoms with van der Waals surface area (Å²) in [5.74, 6) is 0.572. The van der Waals surface area contributed by atoms with Gasteiger partial charge in [0.1, 0.15) is 0 Å². The lowest BCUT2D eigenvalue weighted by Crippen LogP contribution is -2.17. The second-order valence-electron chi connectivity index (χ2n) is 5.54. The number of rotatable bonds is 4. The third-order valence-electron chi connectivity index (χ3n) is 3.52. The molecular weight excluding hydrogens is 234 g/mol. The number of hydrogen-bond donors (Lipinski definition) is 1. The Hall–Kier alpha value is -1.61. The molecule has 0 saturated heterocycles. The molecule has 0 bridgehead atoms. The average molecular weight is 257 g/mol. The van der Waals surface area contributed by atoms with Crippen LogP contribution >= 0.6 is 0 Å². The summed E-state index contributed by atoms with van der Waals surface area (Å²) in [6, 6.07) is 10.8. The Morgan fingerprint density at radius 3 is 2.32 bits per heavy atom. The van der Waals surface area contributed by atoms with Crippen LogP contribution in [0, 0.1) is 6.92 Å². The van der Waals surface area contributed by atoms with Crippen molar-refractivity contribution in [2.75, 3.05) is 0 Å². The molecule has 19 heavy (non-hydrogen) atoms. The van der Waals surface area contributed by atoms with E-state index in [1.165, 1.54) is 11.1 Å². The number of aryl methyl sites for hydroxylation is 2. The zero-order valence-corrected chi connectivity index (χ0v) is 12.2. The van der Waals surface area contributed by atoms with Gasteiger partial charge in [0, 0.05) is 7.05 Å². The highest BCUT2D eigenvalue weighted by Gasteiger charge is 2.12. The maximum atomic E-state index is 6.28. The van der Waals surface area contributed by atoms with Gasteiger partial charge in [0.15, 0.2) is 0 Å². The Morgan fingerprint density at radius 1 is 1.21 bits per heavy atom. The average Bonchev–Trinajstić information content (AvgIpc) is 2.69. The van der Waals surface area contributed by atoms with Gasteiger partial charge in [0.2, 0.25) is 0 Å². The number of nitrogens with zero attached hydrogens (tertiary/aromatic N) is 2. The van der Waals surface area contributed by atoms with E-state index >= 15 is 0 Å². The molecule has 0 aliphatic heterocycles. The highest BCUT2D eigenvalue weighted by atomic mass is 15.3. The van der Waals surface area contributed by atoms with Gasteiger partial charge in [0.05, 0.1) is 17.4 Å². The first-order valence-electron chi connectivity index (χ1n) is 6.82. The molecule has 0 spiro atoms. The number of nitrogens with two attached hydrogens (primary N) is 1. The Kier molecular flexibility index (Phi) is 4.05. The van der Waals surface area contributed by atoms with E-state index in [1.807, 2.05) is 18.7 Å². The summed E-state index contributed by atoms with van der Waals surface area (Å²) in [7, 11) is 1.95. The Morgan fingerprint density at radius 2 is 1.84 bits per heavy atom. The van der Waals surface area contributed by atoms with Crippen molar-refractivity contribution in [3.05, 3.63) is 52.8 Å². The van der Waals surface area contributed by atoms with Crippen molar-refractivity contribution >= 4 is 0 Å². The van der Waals surface area contributed by atoms with Crippen LogP contribution in [0.25, 0.3) is 0 Å². The van der Waals surface area contributed by atoms with E-state index in [0.29, 0.717) is 5.92 Å². The van der Waals surface area contributed by atoms with Gasteiger partial charge in [-0.15, -0.1) is 0 Å². The van der Waals surface area contributed by atoms with E-state index < -0.39 is 0 Å². The van der Waals surface area contributed by atoms with E-state index in [-0.39, 0.29) is 6.04 Å². The monoisotopic (exact) mass is 257 g/mol. The molecule has 2 rings (SSSR count). The van der Waals surface area contributed by atoms with Crippen molar-refractivity contribution in [2.24, 2.45) is 12.8 Å². The molecular formula is C16H23N3. The summed E-state index contributed by atoms with van der Waals surface area (Å²) in [5, 5.41) is 4.35. The summed E-state index contributed by atoms with van der Waals surface area (Å²) in [5.41, 5.74) is 11.0. The van der Waals surface area contributed by atoms with Crippen molar-refractivity contribution < 1.29 is 0 Å². The zero-order chi connectivity index (χ0) is 14.0. The fraction of sp³-hybridized carbons (Fsp3) is 0.438. The lowest BCUT2D eigenvalue weighted by Gasteiger charge is -2.13. The maximum absolute atomic E-state index is 6.28. The van der Waals surface area contributed by atoms with Gasteiger partial charge in [0.25, 0.3) is 0 Å². The first-order chi connectivity index (χ1) is 8.97.